The highest BCUT2D eigenvalue weighted by Gasteiger charge is 2.27. The molecule has 6 nitrogen and oxygen atoms in total. The van der Waals surface area contributed by atoms with Gasteiger partial charge in [0.15, 0.2) is 6.61 Å². The van der Waals surface area contributed by atoms with Crippen LogP contribution < -0.4 is 9.46 Å². The maximum Gasteiger partial charge on any atom is 0.260 e. The van der Waals surface area contributed by atoms with Crippen LogP contribution in [0.15, 0.2) is 59.5 Å². The Morgan fingerprint density at radius 2 is 1.63 bits per heavy atom. The number of hydrogen-bond acceptors (Lipinski definition) is 4. The Hall–Kier alpha value is -2.38. The summed E-state index contributed by atoms with van der Waals surface area (Å²) in [5.74, 6) is 0.573. The first-order chi connectivity index (χ1) is 14.1. The van der Waals surface area contributed by atoms with Crippen molar-refractivity contribution in [1.82, 2.24) is 9.62 Å². The summed E-state index contributed by atoms with van der Waals surface area (Å²) in [6, 6.07) is 16.1. The van der Waals surface area contributed by atoms with Crippen molar-refractivity contribution in [3.8, 4) is 5.75 Å². The van der Waals surface area contributed by atoms with Gasteiger partial charge in [-0.1, -0.05) is 51.1 Å². The minimum absolute atomic E-state index is 0.0134. The molecule has 7 heteroatoms. The Morgan fingerprint density at radius 1 is 1.03 bits per heavy atom. The second-order valence-electron chi connectivity index (χ2n) is 8.65. The Morgan fingerprint density at radius 3 is 2.20 bits per heavy atom. The van der Waals surface area contributed by atoms with Gasteiger partial charge >= 0.3 is 0 Å². The van der Waals surface area contributed by atoms with E-state index in [4.69, 9.17) is 4.74 Å². The van der Waals surface area contributed by atoms with Crippen molar-refractivity contribution < 1.29 is 17.9 Å². The van der Waals surface area contributed by atoms with Gasteiger partial charge in [0, 0.05) is 19.1 Å². The number of nitrogens with zero attached hydrogens (tertiary/aromatic N) is 1. The molecule has 3 rings (SSSR count). The molecule has 0 unspecified atom stereocenters. The topological polar surface area (TPSA) is 75.7 Å². The molecule has 1 aliphatic heterocycles. The van der Waals surface area contributed by atoms with Gasteiger partial charge in [0.2, 0.25) is 10.0 Å². The number of piperidine rings is 1. The number of carbonyl (C=O) groups excluding carboxylic acids is 1. The number of rotatable bonds is 6. The lowest BCUT2D eigenvalue weighted by Crippen LogP contribution is -2.47. The number of benzene rings is 2. The van der Waals surface area contributed by atoms with Crippen LogP contribution in [0, 0.1) is 0 Å². The van der Waals surface area contributed by atoms with Gasteiger partial charge in [0.25, 0.3) is 5.91 Å². The monoisotopic (exact) mass is 430 g/mol. The summed E-state index contributed by atoms with van der Waals surface area (Å²) >= 11 is 0. The smallest absolute Gasteiger partial charge is 0.260 e. The highest BCUT2D eigenvalue weighted by Crippen LogP contribution is 2.24. The number of nitrogens with one attached hydrogen (secondary N) is 1. The highest BCUT2D eigenvalue weighted by molar-refractivity contribution is 7.89. The SMILES string of the molecule is CC(C)(C)c1ccc(S(=O)(=O)NC2CCN(C(=O)COc3ccccc3)CC2)cc1. The number of carbonyl (C=O) groups is 1. The minimum atomic E-state index is -3.58. The fourth-order valence-electron chi connectivity index (χ4n) is 3.42. The molecule has 0 bridgehead atoms. The molecule has 0 saturated carbocycles. The molecule has 1 aliphatic rings. The minimum Gasteiger partial charge on any atom is -0.484 e. The average molecular weight is 431 g/mol. The molecule has 1 N–H and O–H groups in total. The van der Waals surface area contributed by atoms with Crippen LogP contribution in [0.25, 0.3) is 0 Å². The van der Waals surface area contributed by atoms with E-state index in [0.29, 0.717) is 31.7 Å². The molecule has 2 aromatic rings. The molecule has 0 aromatic heterocycles. The standard InChI is InChI=1S/C23H30N2O4S/c1-23(2,3)18-9-11-21(12-10-18)30(27,28)24-19-13-15-25(16-14-19)22(26)17-29-20-7-5-4-6-8-20/h4-12,19,24H,13-17H2,1-3H3. The molecule has 0 atom stereocenters. The molecule has 0 aliphatic carbocycles. The third-order valence-electron chi connectivity index (χ3n) is 5.31. The number of ether oxygens (including phenoxy) is 1. The Bertz CT molecular complexity index is 943. The van der Waals surface area contributed by atoms with E-state index in [1.165, 1.54) is 0 Å². The fourth-order valence-corrected chi connectivity index (χ4v) is 4.73. The quantitative estimate of drug-likeness (QED) is 0.763. The number of amides is 1. The van der Waals surface area contributed by atoms with Gasteiger partial charge in [0.1, 0.15) is 5.75 Å². The van der Waals surface area contributed by atoms with Crippen LogP contribution in [-0.4, -0.2) is 45.0 Å². The van der Waals surface area contributed by atoms with Crippen LogP contribution in [0.2, 0.25) is 0 Å². The van der Waals surface area contributed by atoms with E-state index in [0.717, 1.165) is 5.56 Å². The van der Waals surface area contributed by atoms with Gasteiger partial charge in [0.05, 0.1) is 4.90 Å². The van der Waals surface area contributed by atoms with Crippen LogP contribution in [0.3, 0.4) is 0 Å². The van der Waals surface area contributed by atoms with Crippen molar-refractivity contribution in [2.45, 2.75) is 50.0 Å². The first-order valence-corrected chi connectivity index (χ1v) is 11.7. The molecule has 0 radical (unpaired) electrons. The summed E-state index contributed by atoms with van der Waals surface area (Å²) < 4.78 is 33.8. The average Bonchev–Trinajstić information content (AvgIpc) is 2.72. The zero-order valence-corrected chi connectivity index (χ0v) is 18.6. The number of hydrogen-bond donors (Lipinski definition) is 1. The summed E-state index contributed by atoms with van der Waals surface area (Å²) in [7, 11) is -3.58. The van der Waals surface area contributed by atoms with Gasteiger partial charge in [-0.15, -0.1) is 0 Å². The first-order valence-electron chi connectivity index (χ1n) is 10.2. The summed E-state index contributed by atoms with van der Waals surface area (Å²) in [5, 5.41) is 0. The molecule has 162 valence electrons. The zero-order valence-electron chi connectivity index (χ0n) is 17.8. The lowest BCUT2D eigenvalue weighted by molar-refractivity contribution is -0.134. The Kier molecular flexibility index (Phi) is 6.83. The van der Waals surface area contributed by atoms with Crippen molar-refractivity contribution in [2.75, 3.05) is 19.7 Å². The fraction of sp³-hybridized carbons (Fsp3) is 0.435. The molecule has 0 spiro atoms. The second kappa shape index (κ2) is 9.18. The molecular formula is C23H30N2O4S. The number of sulfonamides is 1. The van der Waals surface area contributed by atoms with Gasteiger partial charge < -0.3 is 9.64 Å². The van der Waals surface area contributed by atoms with E-state index in [1.54, 1.807) is 17.0 Å². The van der Waals surface area contributed by atoms with Crippen LogP contribution in [0.5, 0.6) is 5.75 Å². The van der Waals surface area contributed by atoms with Crippen LogP contribution in [0.1, 0.15) is 39.2 Å². The van der Waals surface area contributed by atoms with Crippen molar-refractivity contribution in [3.05, 3.63) is 60.2 Å². The van der Waals surface area contributed by atoms with E-state index >= 15 is 0 Å². The lowest BCUT2D eigenvalue weighted by Gasteiger charge is -2.32. The molecule has 1 fully saturated rings. The van der Waals surface area contributed by atoms with Crippen molar-refractivity contribution in [3.63, 3.8) is 0 Å². The molecule has 2 aromatic carbocycles. The Labute approximate surface area is 179 Å². The third-order valence-corrected chi connectivity index (χ3v) is 6.84. The molecule has 1 saturated heterocycles. The lowest BCUT2D eigenvalue weighted by atomic mass is 9.87. The normalized spacial score (nSPS) is 15.8. The zero-order chi connectivity index (χ0) is 21.8. The van der Waals surface area contributed by atoms with E-state index in [-0.39, 0.29) is 28.9 Å². The van der Waals surface area contributed by atoms with Gasteiger partial charge in [-0.25, -0.2) is 13.1 Å². The van der Waals surface area contributed by atoms with Gasteiger partial charge in [-0.05, 0) is 48.1 Å². The molecule has 1 heterocycles. The molecular weight excluding hydrogens is 400 g/mol. The maximum absolute atomic E-state index is 12.7. The largest absolute Gasteiger partial charge is 0.484 e. The van der Waals surface area contributed by atoms with Crippen molar-refractivity contribution in [1.29, 1.82) is 0 Å². The number of likely N-dealkylation sites (tertiary alicyclic amines) is 1. The third kappa shape index (κ3) is 5.83. The van der Waals surface area contributed by atoms with E-state index in [2.05, 4.69) is 25.5 Å². The summed E-state index contributed by atoms with van der Waals surface area (Å²) in [6.45, 7) is 7.28. The van der Waals surface area contributed by atoms with E-state index < -0.39 is 10.0 Å². The molecule has 1 amide bonds. The summed E-state index contributed by atoms with van der Waals surface area (Å²) in [4.78, 5) is 14.4. The van der Waals surface area contributed by atoms with Gasteiger partial charge in [-0.2, -0.15) is 0 Å². The van der Waals surface area contributed by atoms with Crippen LogP contribution >= 0.6 is 0 Å². The van der Waals surface area contributed by atoms with E-state index in [9.17, 15) is 13.2 Å². The predicted octanol–water partition coefficient (Wildman–Crippen LogP) is 3.33. The van der Waals surface area contributed by atoms with E-state index in [1.807, 2.05) is 42.5 Å². The molecule has 30 heavy (non-hydrogen) atoms. The van der Waals surface area contributed by atoms with Crippen molar-refractivity contribution in [2.24, 2.45) is 0 Å². The second-order valence-corrected chi connectivity index (χ2v) is 10.4. The summed E-state index contributed by atoms with van der Waals surface area (Å²) in [6.07, 6.45) is 1.16. The summed E-state index contributed by atoms with van der Waals surface area (Å²) in [5.41, 5.74) is 1.06. The maximum atomic E-state index is 12.7. The highest BCUT2D eigenvalue weighted by atomic mass is 32.2. The van der Waals surface area contributed by atoms with Crippen molar-refractivity contribution >= 4 is 15.9 Å². The van der Waals surface area contributed by atoms with Crippen LogP contribution in [0.4, 0.5) is 0 Å². The first kappa shape index (κ1) is 22.3. The van der Waals surface area contributed by atoms with Crippen LogP contribution in [-0.2, 0) is 20.2 Å². The Balaban J connectivity index is 1.50. The van der Waals surface area contributed by atoms with Gasteiger partial charge in [-0.3, -0.25) is 4.79 Å². The predicted molar refractivity (Wildman–Crippen MR) is 117 cm³/mol. The number of para-hydroxylation sites is 1.